The fraction of sp³-hybridized carbons (Fsp3) is 0.500. The molecule has 0 amide bonds. The van der Waals surface area contributed by atoms with Gasteiger partial charge in [0.15, 0.2) is 0 Å². The van der Waals surface area contributed by atoms with Crippen molar-refractivity contribution in [2.45, 2.75) is 20.3 Å². The molecule has 1 unspecified atom stereocenters. The molecule has 0 saturated heterocycles. The Bertz CT molecular complexity index is 447. The number of anilines is 1. The molecule has 0 fully saturated rings. The molecule has 0 aromatic carbocycles. The molecule has 1 aromatic rings. The van der Waals surface area contributed by atoms with Crippen molar-refractivity contribution in [2.24, 2.45) is 5.92 Å². The fourth-order valence-electron chi connectivity index (χ4n) is 1.65. The summed E-state index contributed by atoms with van der Waals surface area (Å²) in [6.07, 6.45) is 2.02. The third kappa shape index (κ3) is 4.20. The van der Waals surface area contributed by atoms with Crippen molar-refractivity contribution >= 4 is 17.5 Å². The number of carbonyl (C=O) groups is 1. The van der Waals surface area contributed by atoms with Gasteiger partial charge in [-0.3, -0.25) is 14.9 Å². The molecule has 0 aliphatic heterocycles. The minimum Gasteiger partial charge on any atom is -0.481 e. The first kappa shape index (κ1) is 14.9. The molecular weight excluding hydrogens is 250 g/mol. The molecule has 0 bridgehead atoms. The molecular formula is C12H17N3O4. The second kappa shape index (κ2) is 6.67. The highest BCUT2D eigenvalue weighted by Crippen LogP contribution is 2.17. The van der Waals surface area contributed by atoms with Gasteiger partial charge in [0.1, 0.15) is 12.0 Å². The second-order valence-electron chi connectivity index (χ2n) is 4.32. The van der Waals surface area contributed by atoms with Gasteiger partial charge in [0, 0.05) is 19.2 Å². The molecule has 1 atom stereocenters. The van der Waals surface area contributed by atoms with Crippen LogP contribution in [-0.4, -0.2) is 34.1 Å². The summed E-state index contributed by atoms with van der Waals surface area (Å²) in [6, 6.07) is 2.92. The summed E-state index contributed by atoms with van der Waals surface area (Å²) in [5, 5.41) is 19.5. The summed E-state index contributed by atoms with van der Waals surface area (Å²) in [4.78, 5) is 26.8. The normalized spacial score (nSPS) is 11.9. The van der Waals surface area contributed by atoms with E-state index >= 15 is 0 Å². The maximum atomic E-state index is 10.9. The van der Waals surface area contributed by atoms with Crippen molar-refractivity contribution in [1.82, 2.24) is 4.98 Å². The van der Waals surface area contributed by atoms with Crippen LogP contribution in [0, 0.1) is 16.0 Å². The average Bonchev–Trinajstić information content (AvgIpc) is 2.38. The largest absolute Gasteiger partial charge is 0.481 e. The summed E-state index contributed by atoms with van der Waals surface area (Å²) < 4.78 is 0. The van der Waals surface area contributed by atoms with E-state index in [9.17, 15) is 14.9 Å². The smallest absolute Gasteiger partial charge is 0.308 e. The van der Waals surface area contributed by atoms with Gasteiger partial charge in [-0.25, -0.2) is 4.98 Å². The van der Waals surface area contributed by atoms with E-state index in [1.54, 1.807) is 13.0 Å². The summed E-state index contributed by atoms with van der Waals surface area (Å²) in [5.74, 6) is -0.841. The first-order valence-corrected chi connectivity index (χ1v) is 6.04. The van der Waals surface area contributed by atoms with Crippen LogP contribution in [0.15, 0.2) is 18.3 Å². The highest BCUT2D eigenvalue weighted by molar-refractivity contribution is 5.70. The van der Waals surface area contributed by atoms with Crippen molar-refractivity contribution in [3.05, 3.63) is 28.4 Å². The summed E-state index contributed by atoms with van der Waals surface area (Å²) >= 11 is 0. The quantitative estimate of drug-likeness (QED) is 0.599. The summed E-state index contributed by atoms with van der Waals surface area (Å²) in [6.45, 7) is 4.58. The minimum atomic E-state index is -0.872. The van der Waals surface area contributed by atoms with Gasteiger partial charge < -0.3 is 10.0 Å². The van der Waals surface area contributed by atoms with Gasteiger partial charge in [0.25, 0.3) is 5.69 Å². The first-order chi connectivity index (χ1) is 8.95. The Morgan fingerprint density at radius 3 is 2.68 bits per heavy atom. The van der Waals surface area contributed by atoms with Crippen LogP contribution in [0.5, 0.6) is 0 Å². The highest BCUT2D eigenvalue weighted by Gasteiger charge is 2.17. The zero-order valence-electron chi connectivity index (χ0n) is 10.9. The fourth-order valence-corrected chi connectivity index (χ4v) is 1.65. The van der Waals surface area contributed by atoms with Crippen LogP contribution in [0.2, 0.25) is 0 Å². The molecule has 0 saturated carbocycles. The minimum absolute atomic E-state index is 0.0773. The number of hydrogen-bond acceptors (Lipinski definition) is 5. The van der Waals surface area contributed by atoms with Crippen LogP contribution < -0.4 is 4.90 Å². The van der Waals surface area contributed by atoms with Crippen molar-refractivity contribution in [3.8, 4) is 0 Å². The SMILES string of the molecule is CCCN(CC(C)C(=O)O)c1ccc([N+](=O)[O-])cn1. The lowest BCUT2D eigenvalue weighted by Gasteiger charge is -2.24. The van der Waals surface area contributed by atoms with Gasteiger partial charge in [0.2, 0.25) is 0 Å². The van der Waals surface area contributed by atoms with Crippen molar-refractivity contribution in [1.29, 1.82) is 0 Å². The van der Waals surface area contributed by atoms with Crippen molar-refractivity contribution in [3.63, 3.8) is 0 Å². The maximum Gasteiger partial charge on any atom is 0.308 e. The Hall–Kier alpha value is -2.18. The topological polar surface area (TPSA) is 96.6 Å². The van der Waals surface area contributed by atoms with Crippen LogP contribution in [0.3, 0.4) is 0 Å². The molecule has 104 valence electrons. The van der Waals surface area contributed by atoms with E-state index in [1.165, 1.54) is 12.3 Å². The third-order valence-electron chi connectivity index (χ3n) is 2.68. The Morgan fingerprint density at radius 2 is 2.26 bits per heavy atom. The highest BCUT2D eigenvalue weighted by atomic mass is 16.6. The monoisotopic (exact) mass is 267 g/mol. The van der Waals surface area contributed by atoms with Crippen LogP contribution in [-0.2, 0) is 4.79 Å². The zero-order valence-corrected chi connectivity index (χ0v) is 10.9. The van der Waals surface area contributed by atoms with Crippen LogP contribution >= 0.6 is 0 Å². The second-order valence-corrected chi connectivity index (χ2v) is 4.32. The van der Waals surface area contributed by atoms with E-state index in [1.807, 2.05) is 11.8 Å². The number of nitrogens with zero attached hydrogens (tertiary/aromatic N) is 3. The Kier molecular flexibility index (Phi) is 5.23. The molecule has 0 radical (unpaired) electrons. The van der Waals surface area contributed by atoms with Crippen LogP contribution in [0.4, 0.5) is 11.5 Å². The molecule has 7 heteroatoms. The van der Waals surface area contributed by atoms with Crippen LogP contribution in [0.1, 0.15) is 20.3 Å². The van der Waals surface area contributed by atoms with Crippen LogP contribution in [0.25, 0.3) is 0 Å². The van der Waals surface area contributed by atoms with Gasteiger partial charge in [-0.1, -0.05) is 13.8 Å². The maximum absolute atomic E-state index is 10.9. The molecule has 1 N–H and O–H groups in total. The van der Waals surface area contributed by atoms with Crippen molar-refractivity contribution in [2.75, 3.05) is 18.0 Å². The van der Waals surface area contributed by atoms with Gasteiger partial charge in [0.05, 0.1) is 10.8 Å². The van der Waals surface area contributed by atoms with E-state index in [0.717, 1.165) is 6.42 Å². The molecule has 1 aromatic heterocycles. The zero-order chi connectivity index (χ0) is 14.4. The molecule has 1 rings (SSSR count). The number of hydrogen-bond donors (Lipinski definition) is 1. The molecule has 0 spiro atoms. The molecule has 0 aliphatic rings. The predicted molar refractivity (Wildman–Crippen MR) is 70.2 cm³/mol. The number of carboxylic acids is 1. The van der Waals surface area contributed by atoms with Gasteiger partial charge >= 0.3 is 5.97 Å². The van der Waals surface area contributed by atoms with Gasteiger partial charge in [-0.05, 0) is 12.5 Å². The number of aliphatic carboxylic acids is 1. The number of rotatable bonds is 7. The Labute approximate surface area is 111 Å². The van der Waals surface area contributed by atoms with E-state index < -0.39 is 16.8 Å². The third-order valence-corrected chi connectivity index (χ3v) is 2.68. The molecule has 1 heterocycles. The van der Waals surface area contributed by atoms with E-state index in [2.05, 4.69) is 4.98 Å². The Balaban J connectivity index is 2.86. The summed E-state index contributed by atoms with van der Waals surface area (Å²) in [7, 11) is 0. The van der Waals surface area contributed by atoms with E-state index in [-0.39, 0.29) is 5.69 Å². The molecule has 19 heavy (non-hydrogen) atoms. The number of nitro groups is 1. The number of aromatic nitrogens is 1. The lowest BCUT2D eigenvalue weighted by atomic mass is 10.1. The number of pyridine rings is 1. The van der Waals surface area contributed by atoms with Crippen molar-refractivity contribution < 1.29 is 14.8 Å². The van der Waals surface area contributed by atoms with Gasteiger partial charge in [-0.2, -0.15) is 0 Å². The standard InChI is InChI=1S/C12H17N3O4/c1-3-6-14(8-9(2)12(16)17)11-5-4-10(7-13-11)15(18)19/h4-5,7,9H,3,6,8H2,1-2H3,(H,16,17). The lowest BCUT2D eigenvalue weighted by Crippen LogP contribution is -2.33. The predicted octanol–water partition coefficient (Wildman–Crippen LogP) is 1.93. The average molecular weight is 267 g/mol. The lowest BCUT2D eigenvalue weighted by molar-refractivity contribution is -0.385. The molecule has 7 nitrogen and oxygen atoms in total. The first-order valence-electron chi connectivity index (χ1n) is 6.04. The van der Waals surface area contributed by atoms with E-state index in [0.29, 0.717) is 18.9 Å². The van der Waals surface area contributed by atoms with E-state index in [4.69, 9.17) is 5.11 Å². The van der Waals surface area contributed by atoms with Gasteiger partial charge in [-0.15, -0.1) is 0 Å². The summed E-state index contributed by atoms with van der Waals surface area (Å²) in [5.41, 5.74) is -0.0773. The Morgan fingerprint density at radius 1 is 1.58 bits per heavy atom. The number of carboxylic acid groups (broad SMARTS) is 1. The molecule has 0 aliphatic carbocycles.